The lowest BCUT2D eigenvalue weighted by atomic mass is 10.2. The van der Waals surface area contributed by atoms with E-state index in [1.165, 1.54) is 0 Å². The Morgan fingerprint density at radius 3 is 2.18 bits per heavy atom. The molecule has 0 spiro atoms. The summed E-state index contributed by atoms with van der Waals surface area (Å²) >= 11 is 17.2. The fraction of sp³-hybridized carbons (Fsp3) is 1.00. The van der Waals surface area contributed by atoms with E-state index in [9.17, 15) is 4.39 Å². The third-order valence-corrected chi connectivity index (χ3v) is 6.34. The topological polar surface area (TPSA) is 0 Å². The van der Waals surface area contributed by atoms with Gasteiger partial charge >= 0.3 is 6.00 Å². The molecule has 0 aliphatic rings. The lowest BCUT2D eigenvalue weighted by Crippen LogP contribution is -2.16. The van der Waals surface area contributed by atoms with Gasteiger partial charge in [0.1, 0.15) is 0 Å². The summed E-state index contributed by atoms with van der Waals surface area (Å²) in [7, 11) is 0. The van der Waals surface area contributed by atoms with E-state index in [1.54, 1.807) is 0 Å². The molecule has 0 aromatic heterocycles. The average molecular weight is 238 g/mol. The van der Waals surface area contributed by atoms with Crippen LogP contribution in [-0.2, 0) is 0 Å². The van der Waals surface area contributed by atoms with E-state index in [2.05, 4.69) is 0 Å². The van der Waals surface area contributed by atoms with Crippen molar-refractivity contribution in [2.24, 2.45) is 0 Å². The lowest BCUT2D eigenvalue weighted by Gasteiger charge is -2.16. The van der Waals surface area contributed by atoms with Crippen LogP contribution in [0.15, 0.2) is 0 Å². The van der Waals surface area contributed by atoms with E-state index in [0.717, 1.165) is 12.8 Å². The first-order valence-electron chi connectivity index (χ1n) is 3.61. The first-order chi connectivity index (χ1) is 4.98. The number of hydrogen-bond acceptors (Lipinski definition) is 0. The predicted octanol–water partition coefficient (Wildman–Crippen LogP) is 4.17. The van der Waals surface area contributed by atoms with Gasteiger partial charge in [-0.1, -0.05) is 13.3 Å². The molecule has 0 aliphatic carbocycles. The Kier molecular flexibility index (Phi) is 6.15. The summed E-state index contributed by atoms with van der Waals surface area (Å²) in [6, 6.07) is -2.52. The summed E-state index contributed by atoms with van der Waals surface area (Å²) in [6.45, 7) is 1.64. The molecule has 0 aromatic rings. The van der Waals surface area contributed by atoms with Gasteiger partial charge in [0.05, 0.1) is 6.67 Å². The fourth-order valence-corrected chi connectivity index (χ4v) is 2.22. The van der Waals surface area contributed by atoms with Crippen LogP contribution in [0, 0.1) is 0 Å². The Hall–Kier alpha value is 1.02. The Morgan fingerprint density at radius 2 is 1.82 bits per heavy atom. The van der Waals surface area contributed by atoms with Gasteiger partial charge in [-0.2, -0.15) is 0 Å². The van der Waals surface area contributed by atoms with Gasteiger partial charge in [-0.15, -0.1) is 33.2 Å². The molecule has 0 heterocycles. The molecule has 0 amide bonds. The van der Waals surface area contributed by atoms with Crippen molar-refractivity contribution in [2.75, 3.05) is 6.67 Å². The van der Waals surface area contributed by atoms with Crippen LogP contribution in [0.25, 0.3) is 0 Å². The van der Waals surface area contributed by atoms with E-state index in [-0.39, 0.29) is 12.2 Å². The van der Waals surface area contributed by atoms with Crippen molar-refractivity contribution >= 4 is 39.2 Å². The largest absolute Gasteiger partial charge is 0.344 e. The summed E-state index contributed by atoms with van der Waals surface area (Å²) in [5.41, 5.74) is 0.138. The van der Waals surface area contributed by atoms with Crippen molar-refractivity contribution in [1.82, 2.24) is 0 Å². The molecule has 68 valence electrons. The minimum atomic E-state index is -2.52. The molecule has 5 heteroatoms. The van der Waals surface area contributed by atoms with Gasteiger partial charge < -0.3 is 0 Å². The zero-order valence-corrected chi connectivity index (χ0v) is 9.69. The summed E-state index contributed by atoms with van der Waals surface area (Å²) in [5, 5.41) is 0. The number of unbranched alkanes of at least 4 members (excludes halogenated alkanes) is 1. The van der Waals surface area contributed by atoms with E-state index < -0.39 is 6.00 Å². The number of halogens is 4. The maximum atomic E-state index is 11.7. The minimum absolute atomic E-state index is 0.138. The number of rotatable bonds is 5. The summed E-state index contributed by atoms with van der Waals surface area (Å²) in [5.74, 6) is 0. The molecule has 1 atom stereocenters. The van der Waals surface area contributed by atoms with Crippen LogP contribution in [0.2, 0.25) is 5.54 Å². The molecule has 0 rings (SSSR count). The second kappa shape index (κ2) is 5.63. The van der Waals surface area contributed by atoms with Crippen LogP contribution in [0.5, 0.6) is 0 Å². The van der Waals surface area contributed by atoms with Crippen molar-refractivity contribution in [1.29, 1.82) is 0 Å². The maximum Gasteiger partial charge on any atom is 0.344 e. The molecule has 0 saturated heterocycles. The quantitative estimate of drug-likeness (QED) is 0.382. The molecule has 0 fully saturated rings. The highest BCUT2D eigenvalue weighted by Crippen LogP contribution is 2.36. The van der Waals surface area contributed by atoms with Crippen LogP contribution in [0.1, 0.15) is 26.2 Å². The fourth-order valence-electron chi connectivity index (χ4n) is 0.709. The normalized spacial score (nSPS) is 15.0. The van der Waals surface area contributed by atoms with Crippen molar-refractivity contribution < 1.29 is 4.39 Å². The van der Waals surface area contributed by atoms with Gasteiger partial charge in [-0.05, 0) is 18.4 Å². The van der Waals surface area contributed by atoms with Crippen molar-refractivity contribution in [3.63, 3.8) is 0 Å². The van der Waals surface area contributed by atoms with Crippen LogP contribution in [-0.4, -0.2) is 12.7 Å². The average Bonchev–Trinajstić information content (AvgIpc) is 1.86. The first kappa shape index (κ1) is 12.0. The van der Waals surface area contributed by atoms with Gasteiger partial charge in [-0.25, -0.2) is 0 Å². The standard InChI is InChI=1S/C6H12Cl3FSi/c1-6(11(7,8)9)4-2-3-5-10/h6H,2-5H2,1H3. The summed E-state index contributed by atoms with van der Waals surface area (Å²) < 4.78 is 11.7. The molecule has 0 saturated carbocycles. The first-order valence-corrected chi connectivity index (χ1v) is 8.72. The van der Waals surface area contributed by atoms with E-state index >= 15 is 0 Å². The third-order valence-electron chi connectivity index (χ3n) is 1.58. The SMILES string of the molecule is CC(CCCCF)[Si](Cl)(Cl)Cl. The van der Waals surface area contributed by atoms with Gasteiger partial charge in [0.25, 0.3) is 0 Å². The zero-order valence-electron chi connectivity index (χ0n) is 6.42. The Morgan fingerprint density at radius 1 is 1.27 bits per heavy atom. The smallest absolute Gasteiger partial charge is 0.251 e. The Labute approximate surface area is 82.1 Å². The molecule has 0 aliphatic heterocycles. The molecule has 1 unspecified atom stereocenters. The van der Waals surface area contributed by atoms with E-state index in [0.29, 0.717) is 6.42 Å². The number of hydrogen-bond donors (Lipinski definition) is 0. The number of alkyl halides is 1. The second-order valence-corrected chi connectivity index (χ2v) is 11.8. The highest BCUT2D eigenvalue weighted by atomic mass is 35.8. The zero-order chi connectivity index (χ0) is 8.91. The molecule has 0 nitrogen and oxygen atoms in total. The van der Waals surface area contributed by atoms with Crippen LogP contribution in [0.3, 0.4) is 0 Å². The third kappa shape index (κ3) is 6.20. The predicted molar refractivity (Wildman–Crippen MR) is 52.6 cm³/mol. The molecule has 0 radical (unpaired) electrons. The summed E-state index contributed by atoms with van der Waals surface area (Å²) in [6.07, 6.45) is 2.23. The van der Waals surface area contributed by atoms with Crippen LogP contribution < -0.4 is 0 Å². The second-order valence-electron chi connectivity index (χ2n) is 2.63. The molecular weight excluding hydrogens is 226 g/mol. The Bertz CT molecular complexity index is 104. The van der Waals surface area contributed by atoms with Crippen LogP contribution in [0.4, 0.5) is 4.39 Å². The molecule has 0 aromatic carbocycles. The van der Waals surface area contributed by atoms with E-state index in [1.807, 2.05) is 6.92 Å². The van der Waals surface area contributed by atoms with Crippen molar-refractivity contribution in [3.05, 3.63) is 0 Å². The van der Waals surface area contributed by atoms with Gasteiger partial charge in [0, 0.05) is 0 Å². The minimum Gasteiger partial charge on any atom is -0.251 e. The molecule has 0 N–H and O–H groups in total. The van der Waals surface area contributed by atoms with E-state index in [4.69, 9.17) is 33.2 Å². The highest BCUT2D eigenvalue weighted by molar-refractivity contribution is 7.65. The maximum absolute atomic E-state index is 11.7. The molecule has 0 bridgehead atoms. The lowest BCUT2D eigenvalue weighted by molar-refractivity contribution is 0.455. The highest BCUT2D eigenvalue weighted by Gasteiger charge is 2.32. The van der Waals surface area contributed by atoms with Gasteiger partial charge in [-0.3, -0.25) is 4.39 Å². The summed E-state index contributed by atoms with van der Waals surface area (Å²) in [4.78, 5) is 0. The monoisotopic (exact) mass is 236 g/mol. The van der Waals surface area contributed by atoms with Crippen molar-refractivity contribution in [2.45, 2.75) is 31.7 Å². The van der Waals surface area contributed by atoms with Crippen molar-refractivity contribution in [3.8, 4) is 0 Å². The molecular formula is C6H12Cl3FSi. The van der Waals surface area contributed by atoms with Gasteiger partial charge in [0.2, 0.25) is 0 Å². The Balaban J connectivity index is 3.44. The van der Waals surface area contributed by atoms with Crippen LogP contribution >= 0.6 is 33.2 Å². The molecule has 11 heavy (non-hydrogen) atoms. The van der Waals surface area contributed by atoms with Gasteiger partial charge in [0.15, 0.2) is 0 Å².